The molecule has 0 unspecified atom stereocenters. The van der Waals surface area contributed by atoms with E-state index < -0.39 is 17.3 Å². The van der Waals surface area contributed by atoms with Crippen molar-refractivity contribution in [3.8, 4) is 16.9 Å². The SMILES string of the molecule is COc1ccc(-c2cc3c4c(c2)[C@@H]2CN(C(=O)OC(C)(C)C)CC[C@@H]2N4CCC3)c(C(F)(F)F)c1. The number of methoxy groups -OCH3 is 1. The molecule has 1 fully saturated rings. The van der Waals surface area contributed by atoms with Crippen LogP contribution in [0.15, 0.2) is 30.3 Å². The molecule has 35 heavy (non-hydrogen) atoms. The molecule has 1 saturated heterocycles. The minimum Gasteiger partial charge on any atom is -0.497 e. The molecule has 0 N–H and O–H groups in total. The Morgan fingerprint density at radius 1 is 1.09 bits per heavy atom. The topological polar surface area (TPSA) is 42.0 Å². The number of aryl methyl sites for hydroxylation is 1. The van der Waals surface area contributed by atoms with Crippen molar-refractivity contribution in [3.05, 3.63) is 47.0 Å². The number of halogens is 3. The molecule has 0 saturated carbocycles. The van der Waals surface area contributed by atoms with Gasteiger partial charge in [0.1, 0.15) is 11.4 Å². The van der Waals surface area contributed by atoms with E-state index in [0.29, 0.717) is 18.7 Å². The number of hydrogen-bond donors (Lipinski definition) is 0. The maximum atomic E-state index is 14.0. The molecule has 8 heteroatoms. The molecule has 5 rings (SSSR count). The number of likely N-dealkylation sites (tertiary alicyclic amines) is 1. The molecule has 2 aromatic carbocycles. The summed E-state index contributed by atoms with van der Waals surface area (Å²) in [5, 5.41) is 0. The zero-order chi connectivity index (χ0) is 25.1. The van der Waals surface area contributed by atoms with Gasteiger partial charge in [-0.05, 0) is 86.6 Å². The highest BCUT2D eigenvalue weighted by Gasteiger charge is 2.46. The van der Waals surface area contributed by atoms with E-state index in [-0.39, 0.29) is 29.4 Å². The number of amides is 1. The van der Waals surface area contributed by atoms with Gasteiger partial charge in [-0.1, -0.05) is 6.07 Å². The lowest BCUT2D eigenvalue weighted by Crippen LogP contribution is -2.49. The van der Waals surface area contributed by atoms with Crippen molar-refractivity contribution in [2.45, 2.75) is 63.8 Å². The van der Waals surface area contributed by atoms with E-state index in [0.717, 1.165) is 48.7 Å². The number of rotatable bonds is 2. The van der Waals surface area contributed by atoms with Crippen LogP contribution in [0.1, 0.15) is 56.2 Å². The molecule has 0 aromatic heterocycles. The Hall–Kier alpha value is -2.90. The number of anilines is 1. The Morgan fingerprint density at radius 2 is 1.86 bits per heavy atom. The number of hydrogen-bond acceptors (Lipinski definition) is 4. The highest BCUT2D eigenvalue weighted by atomic mass is 19.4. The molecule has 188 valence electrons. The first kappa shape index (κ1) is 23.8. The summed E-state index contributed by atoms with van der Waals surface area (Å²) >= 11 is 0. The fourth-order valence-corrected chi connectivity index (χ4v) is 5.83. The molecule has 2 aromatic rings. The first-order valence-corrected chi connectivity index (χ1v) is 12.1. The lowest BCUT2D eigenvalue weighted by atomic mass is 9.86. The van der Waals surface area contributed by atoms with Crippen molar-refractivity contribution in [1.82, 2.24) is 4.90 Å². The monoisotopic (exact) mass is 488 g/mol. The minimum atomic E-state index is -4.51. The lowest BCUT2D eigenvalue weighted by molar-refractivity contribution is -0.137. The normalized spacial score (nSPS) is 21.5. The second-order valence-electron chi connectivity index (χ2n) is 10.7. The van der Waals surface area contributed by atoms with Gasteiger partial charge in [-0.25, -0.2) is 4.79 Å². The van der Waals surface area contributed by atoms with Gasteiger partial charge in [-0.3, -0.25) is 0 Å². The van der Waals surface area contributed by atoms with Crippen LogP contribution < -0.4 is 9.64 Å². The van der Waals surface area contributed by atoms with E-state index in [1.54, 1.807) is 11.0 Å². The molecular weight excluding hydrogens is 457 g/mol. The number of piperidine rings is 1. The summed E-state index contributed by atoms with van der Waals surface area (Å²) in [7, 11) is 1.36. The van der Waals surface area contributed by atoms with Crippen molar-refractivity contribution in [2.24, 2.45) is 0 Å². The molecule has 2 atom stereocenters. The molecule has 3 aliphatic heterocycles. The molecule has 0 radical (unpaired) electrons. The fraction of sp³-hybridized carbons (Fsp3) is 0.519. The molecule has 5 nitrogen and oxygen atoms in total. The van der Waals surface area contributed by atoms with Crippen molar-refractivity contribution < 1.29 is 27.4 Å². The quantitative estimate of drug-likeness (QED) is 0.502. The van der Waals surface area contributed by atoms with E-state index in [1.165, 1.54) is 13.2 Å². The van der Waals surface area contributed by atoms with Crippen molar-refractivity contribution in [1.29, 1.82) is 0 Å². The molecule has 0 bridgehead atoms. The van der Waals surface area contributed by atoms with E-state index in [4.69, 9.17) is 9.47 Å². The van der Waals surface area contributed by atoms with E-state index in [2.05, 4.69) is 4.90 Å². The molecule has 3 heterocycles. The third-order valence-electron chi connectivity index (χ3n) is 7.22. The van der Waals surface area contributed by atoms with Crippen LogP contribution in [0.2, 0.25) is 0 Å². The summed E-state index contributed by atoms with van der Waals surface area (Å²) in [5.41, 5.74) is 2.71. The highest BCUT2D eigenvalue weighted by molar-refractivity contribution is 5.79. The molecule has 0 aliphatic carbocycles. The average molecular weight is 489 g/mol. The predicted molar refractivity (Wildman–Crippen MR) is 128 cm³/mol. The smallest absolute Gasteiger partial charge is 0.417 e. The predicted octanol–water partition coefficient (Wildman–Crippen LogP) is 6.24. The zero-order valence-electron chi connectivity index (χ0n) is 20.5. The third kappa shape index (κ3) is 4.32. The number of alkyl halides is 3. The van der Waals surface area contributed by atoms with Crippen LogP contribution in [0.4, 0.5) is 23.7 Å². The van der Waals surface area contributed by atoms with Gasteiger partial charge < -0.3 is 19.3 Å². The maximum absolute atomic E-state index is 14.0. The van der Waals surface area contributed by atoms with E-state index in [1.807, 2.05) is 32.9 Å². The van der Waals surface area contributed by atoms with Gasteiger partial charge >= 0.3 is 12.3 Å². The zero-order valence-corrected chi connectivity index (χ0v) is 20.5. The van der Waals surface area contributed by atoms with Gasteiger partial charge in [0.2, 0.25) is 0 Å². The van der Waals surface area contributed by atoms with Gasteiger partial charge in [0.15, 0.2) is 0 Å². The van der Waals surface area contributed by atoms with Gasteiger partial charge in [-0.15, -0.1) is 0 Å². The van der Waals surface area contributed by atoms with Crippen LogP contribution in [0.5, 0.6) is 5.75 Å². The number of fused-ring (bicyclic) bond motifs is 3. The number of carbonyl (C=O) groups excluding carboxylic acids is 1. The maximum Gasteiger partial charge on any atom is 0.417 e. The summed E-state index contributed by atoms with van der Waals surface area (Å²) in [4.78, 5) is 17.0. The summed E-state index contributed by atoms with van der Waals surface area (Å²) < 4.78 is 52.7. The second-order valence-corrected chi connectivity index (χ2v) is 10.7. The van der Waals surface area contributed by atoms with Crippen LogP contribution in [0.25, 0.3) is 11.1 Å². The molecule has 1 amide bonds. The largest absolute Gasteiger partial charge is 0.497 e. The van der Waals surface area contributed by atoms with Crippen molar-refractivity contribution in [2.75, 3.05) is 31.6 Å². The van der Waals surface area contributed by atoms with Crippen molar-refractivity contribution >= 4 is 11.8 Å². The Balaban J connectivity index is 1.57. The fourth-order valence-electron chi connectivity index (χ4n) is 5.83. The van der Waals surface area contributed by atoms with Gasteiger partial charge in [-0.2, -0.15) is 13.2 Å². The summed E-state index contributed by atoms with van der Waals surface area (Å²) in [5.74, 6) is 0.214. The van der Waals surface area contributed by atoms with Gasteiger partial charge in [0, 0.05) is 37.3 Å². The average Bonchev–Trinajstić information content (AvgIpc) is 3.11. The third-order valence-corrected chi connectivity index (χ3v) is 7.22. The Bertz CT molecular complexity index is 1160. The minimum absolute atomic E-state index is 0.0376. The van der Waals surface area contributed by atoms with E-state index in [9.17, 15) is 18.0 Å². The van der Waals surface area contributed by atoms with Crippen LogP contribution in [0, 0.1) is 0 Å². The van der Waals surface area contributed by atoms with Gasteiger partial charge in [0.25, 0.3) is 0 Å². The first-order valence-electron chi connectivity index (χ1n) is 12.1. The van der Waals surface area contributed by atoms with Crippen LogP contribution in [-0.4, -0.2) is 49.4 Å². The Kier molecular flexibility index (Phi) is 5.68. The standard InChI is InChI=1S/C27H31F3N2O3/c1-26(2,3)35-25(33)31-11-9-23-21(15-31)20-13-17(12-16-6-5-10-32(23)24(16)20)19-8-7-18(34-4)14-22(19)27(28,29)30/h7-8,12-14,21,23H,5-6,9-11,15H2,1-4H3/t21-,23-/m0/s1. The van der Waals surface area contributed by atoms with Crippen LogP contribution in [-0.2, 0) is 17.3 Å². The Morgan fingerprint density at radius 3 is 2.54 bits per heavy atom. The summed E-state index contributed by atoms with van der Waals surface area (Å²) in [6.45, 7) is 7.58. The van der Waals surface area contributed by atoms with Crippen LogP contribution >= 0.6 is 0 Å². The van der Waals surface area contributed by atoms with E-state index >= 15 is 0 Å². The number of carbonyl (C=O) groups is 1. The van der Waals surface area contributed by atoms with Crippen molar-refractivity contribution in [3.63, 3.8) is 0 Å². The number of ether oxygens (including phenoxy) is 2. The number of nitrogens with zero attached hydrogens (tertiary/aromatic N) is 2. The first-order chi connectivity index (χ1) is 16.5. The van der Waals surface area contributed by atoms with Gasteiger partial charge in [0.05, 0.1) is 12.7 Å². The summed E-state index contributed by atoms with van der Waals surface area (Å²) in [6.07, 6.45) is -2.24. The highest BCUT2D eigenvalue weighted by Crippen LogP contribution is 2.51. The lowest BCUT2D eigenvalue weighted by Gasteiger charge is -2.40. The molecule has 0 spiro atoms. The van der Waals surface area contributed by atoms with Crippen LogP contribution in [0.3, 0.4) is 0 Å². The molecule has 3 aliphatic rings. The number of benzene rings is 2. The second kappa shape index (κ2) is 8.35. The molecular formula is C27H31F3N2O3. The summed E-state index contributed by atoms with van der Waals surface area (Å²) in [6, 6.07) is 8.22. The Labute approximate surface area is 203 Å².